The Morgan fingerprint density at radius 2 is 1.51 bits per heavy atom. The predicted molar refractivity (Wildman–Crippen MR) is 135 cm³/mol. The monoisotopic (exact) mass is 534 g/mol. The highest BCUT2D eigenvalue weighted by atomic mass is 32.2. The van der Waals surface area contributed by atoms with Crippen molar-refractivity contribution in [2.75, 3.05) is 32.6 Å². The summed E-state index contributed by atoms with van der Waals surface area (Å²) >= 11 is 0. The topological polar surface area (TPSA) is 165 Å². The van der Waals surface area contributed by atoms with E-state index in [-0.39, 0.29) is 36.8 Å². The average molecular weight is 535 g/mol. The molecule has 0 amide bonds. The summed E-state index contributed by atoms with van der Waals surface area (Å²) < 4.78 is 34.5. The minimum atomic E-state index is -3.44. The first-order chi connectivity index (χ1) is 17.6. The van der Waals surface area contributed by atoms with Gasteiger partial charge in [-0.1, -0.05) is 48.9 Å². The maximum Gasteiger partial charge on any atom is 0.339 e. The molecule has 12 heteroatoms. The van der Waals surface area contributed by atoms with Crippen LogP contribution < -0.4 is 5.73 Å². The number of benzene rings is 2. The molecule has 2 N–H and O–H groups in total. The molecule has 2 aromatic carbocycles. The Hall–Kier alpha value is -3.77. The number of hydrogen-bond donors (Lipinski definition) is 1. The fourth-order valence-corrected chi connectivity index (χ4v) is 4.00. The van der Waals surface area contributed by atoms with E-state index in [0.717, 1.165) is 6.26 Å². The molecule has 0 aliphatic rings. The molecule has 2 aromatic rings. The van der Waals surface area contributed by atoms with Crippen molar-refractivity contribution < 1.29 is 37.4 Å². The summed E-state index contributed by atoms with van der Waals surface area (Å²) in [5.41, 5.74) is 6.85. The highest BCUT2D eigenvalue weighted by Crippen LogP contribution is 2.29. The van der Waals surface area contributed by atoms with Gasteiger partial charge in [-0.3, -0.25) is 4.79 Å². The number of hydrogen-bond acceptors (Lipinski definition) is 10. The molecular weight excluding hydrogens is 504 g/mol. The zero-order chi connectivity index (χ0) is 27.3. The normalized spacial score (nSPS) is 11.8. The lowest BCUT2D eigenvalue weighted by Crippen LogP contribution is -2.19. The Labute approximate surface area is 215 Å². The van der Waals surface area contributed by atoms with Gasteiger partial charge in [-0.25, -0.2) is 13.2 Å². The number of carbonyl (C=O) groups excluding carboxylic acids is 2. The first-order valence-electron chi connectivity index (χ1n) is 11.5. The van der Waals surface area contributed by atoms with Gasteiger partial charge >= 0.3 is 11.9 Å². The number of rotatable bonds is 15. The van der Waals surface area contributed by atoms with Crippen molar-refractivity contribution >= 4 is 32.9 Å². The van der Waals surface area contributed by atoms with Gasteiger partial charge in [-0.2, -0.15) is 0 Å². The molecule has 11 nitrogen and oxygen atoms in total. The fourth-order valence-electron chi connectivity index (χ4n) is 3.37. The van der Waals surface area contributed by atoms with Gasteiger partial charge in [0.1, 0.15) is 6.61 Å². The smallest absolute Gasteiger partial charge is 0.339 e. The minimum absolute atomic E-state index is 0.0106. The molecular formula is C25H30N2O9S. The van der Waals surface area contributed by atoms with Crippen molar-refractivity contribution in [3.8, 4) is 0 Å². The van der Waals surface area contributed by atoms with Gasteiger partial charge in [0.25, 0.3) is 5.09 Å². The molecule has 2 rings (SSSR count). The van der Waals surface area contributed by atoms with Crippen LogP contribution in [-0.4, -0.2) is 58.1 Å². The van der Waals surface area contributed by atoms with Crippen LogP contribution in [0.2, 0.25) is 0 Å². The molecule has 0 saturated carbocycles. The Morgan fingerprint density at radius 3 is 2.08 bits per heavy atom. The zero-order valence-corrected chi connectivity index (χ0v) is 21.3. The molecule has 0 aliphatic carbocycles. The highest BCUT2D eigenvalue weighted by molar-refractivity contribution is 7.90. The molecule has 0 atom stereocenters. The zero-order valence-electron chi connectivity index (χ0n) is 20.5. The predicted octanol–water partition coefficient (Wildman–Crippen LogP) is 2.81. The lowest BCUT2D eigenvalue weighted by molar-refractivity contribution is -0.757. The van der Waals surface area contributed by atoms with Gasteiger partial charge in [-0.05, 0) is 42.5 Å². The minimum Gasteiger partial charge on any atom is -0.462 e. The number of esters is 2. The third kappa shape index (κ3) is 10.0. The average Bonchev–Trinajstić information content (AvgIpc) is 2.87. The molecule has 0 bridgehead atoms. The van der Waals surface area contributed by atoms with Crippen molar-refractivity contribution in [1.29, 1.82) is 0 Å². The summed E-state index contributed by atoms with van der Waals surface area (Å²) in [5.74, 6) is -1.32. The third-order valence-electron chi connectivity index (χ3n) is 5.21. The Kier molecular flexibility index (Phi) is 11.7. The van der Waals surface area contributed by atoms with Crippen LogP contribution >= 0.6 is 0 Å². The van der Waals surface area contributed by atoms with E-state index in [1.807, 2.05) is 0 Å². The van der Waals surface area contributed by atoms with Crippen molar-refractivity contribution in [2.24, 2.45) is 5.73 Å². The number of nitrogens with two attached hydrogens (primary N) is 1. The van der Waals surface area contributed by atoms with Crippen LogP contribution in [0.5, 0.6) is 0 Å². The summed E-state index contributed by atoms with van der Waals surface area (Å²) in [6, 6.07) is 14.6. The summed E-state index contributed by atoms with van der Waals surface area (Å²) in [7, 11) is -3.44. The van der Waals surface area contributed by atoms with Gasteiger partial charge in [0, 0.05) is 11.8 Å². The second kappa shape index (κ2) is 14.7. The first kappa shape index (κ1) is 29.5. The van der Waals surface area contributed by atoms with Crippen molar-refractivity contribution in [1.82, 2.24) is 0 Å². The summed E-state index contributed by atoms with van der Waals surface area (Å²) in [5, 5.41) is 9.33. The maximum absolute atomic E-state index is 13.3. The fraction of sp³-hybridized carbons (Fsp3) is 0.360. The van der Waals surface area contributed by atoms with E-state index in [4.69, 9.17) is 15.2 Å². The first-order valence-corrected chi connectivity index (χ1v) is 13.4. The number of carbonyl (C=O) groups is 2. The van der Waals surface area contributed by atoms with Crippen LogP contribution in [0.15, 0.2) is 59.5 Å². The Bertz CT molecular complexity index is 1190. The largest absolute Gasteiger partial charge is 0.462 e. The molecule has 200 valence electrons. The van der Waals surface area contributed by atoms with E-state index in [0.29, 0.717) is 42.4 Å². The van der Waals surface area contributed by atoms with Crippen LogP contribution in [0.1, 0.15) is 36.8 Å². The van der Waals surface area contributed by atoms with Crippen LogP contribution in [0, 0.1) is 10.1 Å². The Balaban J connectivity index is 2.31. The van der Waals surface area contributed by atoms with Crippen LogP contribution in [0.25, 0.3) is 11.1 Å². The van der Waals surface area contributed by atoms with Gasteiger partial charge in [-0.15, -0.1) is 10.1 Å². The van der Waals surface area contributed by atoms with Crippen LogP contribution in [0.3, 0.4) is 0 Å². The number of unbranched alkanes of at least 4 members (excludes halogenated alkanes) is 3. The molecule has 0 heterocycles. The highest BCUT2D eigenvalue weighted by Gasteiger charge is 2.22. The van der Waals surface area contributed by atoms with Crippen LogP contribution in [0.4, 0.5) is 0 Å². The quantitative estimate of drug-likeness (QED) is 0.0896. The standard InChI is InChI=1S/C25H30N2O9S/c1-37(32,33)21-13-11-19(12-14-21)22(18-35-23(28)17-26)24(20-9-5-4-6-10-20)25(29)34-15-7-2-3-8-16-36-27(30)31/h4-6,9-14H,2-3,7-8,15-18,26H2,1H3. The van der Waals surface area contributed by atoms with Gasteiger partial charge in [0.15, 0.2) is 9.84 Å². The van der Waals surface area contributed by atoms with E-state index in [9.17, 15) is 28.1 Å². The van der Waals surface area contributed by atoms with Gasteiger partial charge in [0.2, 0.25) is 0 Å². The lowest BCUT2D eigenvalue weighted by Gasteiger charge is -2.16. The van der Waals surface area contributed by atoms with E-state index in [1.165, 1.54) is 24.3 Å². The lowest BCUT2D eigenvalue weighted by atomic mass is 9.95. The van der Waals surface area contributed by atoms with Gasteiger partial charge < -0.3 is 20.0 Å². The summed E-state index contributed by atoms with van der Waals surface area (Å²) in [6.07, 6.45) is 3.47. The van der Waals surface area contributed by atoms with Gasteiger partial charge in [0.05, 0.1) is 30.2 Å². The summed E-state index contributed by atoms with van der Waals surface area (Å²) in [6.45, 7) is -0.521. The summed E-state index contributed by atoms with van der Waals surface area (Å²) in [4.78, 5) is 39.6. The Morgan fingerprint density at radius 1 is 0.892 bits per heavy atom. The van der Waals surface area contributed by atoms with E-state index in [1.54, 1.807) is 30.3 Å². The number of sulfone groups is 1. The molecule has 0 spiro atoms. The van der Waals surface area contributed by atoms with E-state index >= 15 is 0 Å². The molecule has 0 fully saturated rings. The van der Waals surface area contributed by atoms with Crippen LogP contribution in [-0.2, 0) is 33.7 Å². The number of ether oxygens (including phenoxy) is 2. The number of nitrogens with zero attached hydrogens (tertiary/aromatic N) is 1. The molecule has 0 radical (unpaired) electrons. The molecule has 0 saturated heterocycles. The van der Waals surface area contributed by atoms with Crippen molar-refractivity contribution in [3.63, 3.8) is 0 Å². The maximum atomic E-state index is 13.3. The molecule has 37 heavy (non-hydrogen) atoms. The van der Waals surface area contributed by atoms with Crippen molar-refractivity contribution in [2.45, 2.75) is 30.6 Å². The van der Waals surface area contributed by atoms with Crippen molar-refractivity contribution in [3.05, 3.63) is 75.8 Å². The molecule has 0 unspecified atom stereocenters. The molecule has 0 aromatic heterocycles. The van der Waals surface area contributed by atoms with E-state index < -0.39 is 26.9 Å². The third-order valence-corrected chi connectivity index (χ3v) is 6.34. The second-order valence-corrected chi connectivity index (χ2v) is 10.0. The molecule has 0 aliphatic heterocycles. The van der Waals surface area contributed by atoms with E-state index in [2.05, 4.69) is 4.84 Å². The SMILES string of the molecule is CS(=O)(=O)c1ccc(C(COC(=O)CN)=C(C(=O)OCCCCCCO[N+](=O)[O-])c2ccccc2)cc1. The second-order valence-electron chi connectivity index (χ2n) is 7.99.